The minimum absolute atomic E-state index is 0.0776. The Kier molecular flexibility index (Phi) is 5.50. The van der Waals surface area contributed by atoms with E-state index in [1.54, 1.807) is 11.3 Å². The molecule has 1 amide bonds. The first kappa shape index (κ1) is 18.1. The van der Waals surface area contributed by atoms with Crippen LogP contribution < -0.4 is 4.90 Å². The molecule has 27 heavy (non-hydrogen) atoms. The van der Waals surface area contributed by atoms with Crippen LogP contribution in [0, 0.1) is 0 Å². The smallest absolute Gasteiger partial charge is 0.233 e. The number of rotatable bonds is 6. The summed E-state index contributed by atoms with van der Waals surface area (Å²) in [6, 6.07) is 16.2. The van der Waals surface area contributed by atoms with Crippen LogP contribution in [-0.2, 0) is 22.4 Å². The highest BCUT2D eigenvalue weighted by atomic mass is 32.1. The van der Waals surface area contributed by atoms with Gasteiger partial charge >= 0.3 is 0 Å². The summed E-state index contributed by atoms with van der Waals surface area (Å²) in [4.78, 5) is 19.9. The number of carbonyl (C=O) groups is 1. The van der Waals surface area contributed by atoms with Crippen LogP contribution in [0.5, 0.6) is 0 Å². The fourth-order valence-corrected chi connectivity index (χ4v) is 4.58. The summed E-state index contributed by atoms with van der Waals surface area (Å²) in [6.45, 7) is 3.50. The third kappa shape index (κ3) is 4.04. The van der Waals surface area contributed by atoms with E-state index >= 15 is 0 Å². The van der Waals surface area contributed by atoms with Crippen LogP contribution in [0.15, 0.2) is 48.5 Å². The number of nitrogens with zero attached hydrogens (tertiary/aromatic N) is 2. The SMILES string of the molecule is CCc1cccc2sc(N(CC3CCCO3)C(=O)Cc3ccccc3)nc12. The fraction of sp³-hybridized carbons (Fsp3) is 0.364. The zero-order valence-electron chi connectivity index (χ0n) is 15.6. The average Bonchev–Trinajstić information content (AvgIpc) is 3.35. The van der Waals surface area contributed by atoms with Gasteiger partial charge in [-0.05, 0) is 36.5 Å². The van der Waals surface area contributed by atoms with E-state index in [0.29, 0.717) is 13.0 Å². The lowest BCUT2D eigenvalue weighted by molar-refractivity contribution is -0.118. The minimum atomic E-state index is 0.0776. The van der Waals surface area contributed by atoms with Crippen LogP contribution >= 0.6 is 11.3 Å². The van der Waals surface area contributed by atoms with Gasteiger partial charge in [-0.15, -0.1) is 0 Å². The lowest BCUT2D eigenvalue weighted by Gasteiger charge is -2.23. The molecule has 4 nitrogen and oxygen atoms in total. The monoisotopic (exact) mass is 380 g/mol. The van der Waals surface area contributed by atoms with Crippen molar-refractivity contribution in [2.24, 2.45) is 0 Å². The van der Waals surface area contributed by atoms with Crippen LogP contribution in [0.1, 0.15) is 30.9 Å². The van der Waals surface area contributed by atoms with E-state index in [-0.39, 0.29) is 12.0 Å². The second kappa shape index (κ2) is 8.19. The molecule has 2 heterocycles. The van der Waals surface area contributed by atoms with Crippen molar-refractivity contribution in [2.45, 2.75) is 38.7 Å². The summed E-state index contributed by atoms with van der Waals surface area (Å²) in [6.07, 6.45) is 3.47. The minimum Gasteiger partial charge on any atom is -0.376 e. The van der Waals surface area contributed by atoms with Crippen LogP contribution in [0.3, 0.4) is 0 Å². The van der Waals surface area contributed by atoms with Gasteiger partial charge in [0, 0.05) is 6.61 Å². The van der Waals surface area contributed by atoms with Crippen molar-refractivity contribution in [2.75, 3.05) is 18.1 Å². The van der Waals surface area contributed by atoms with Crippen molar-refractivity contribution < 1.29 is 9.53 Å². The number of anilines is 1. The number of para-hydroxylation sites is 1. The van der Waals surface area contributed by atoms with E-state index in [1.807, 2.05) is 35.2 Å². The maximum atomic E-state index is 13.2. The summed E-state index contributed by atoms with van der Waals surface area (Å²) in [5, 5.41) is 0.780. The van der Waals surface area contributed by atoms with Gasteiger partial charge < -0.3 is 4.74 Å². The third-order valence-electron chi connectivity index (χ3n) is 5.01. The summed E-state index contributed by atoms with van der Waals surface area (Å²) in [7, 11) is 0. The van der Waals surface area contributed by atoms with Crippen LogP contribution in [-0.4, -0.2) is 30.1 Å². The van der Waals surface area contributed by atoms with Crippen molar-refractivity contribution in [3.8, 4) is 0 Å². The molecule has 1 atom stereocenters. The highest BCUT2D eigenvalue weighted by Gasteiger charge is 2.26. The predicted molar refractivity (Wildman–Crippen MR) is 110 cm³/mol. The normalized spacial score (nSPS) is 16.7. The highest BCUT2D eigenvalue weighted by molar-refractivity contribution is 7.22. The van der Waals surface area contributed by atoms with Gasteiger partial charge in [0.2, 0.25) is 5.91 Å². The molecule has 1 unspecified atom stereocenters. The molecular weight excluding hydrogens is 356 g/mol. The molecule has 140 valence electrons. The Hall–Kier alpha value is -2.24. The van der Waals surface area contributed by atoms with Crippen molar-refractivity contribution >= 4 is 32.6 Å². The molecule has 0 radical (unpaired) electrons. The summed E-state index contributed by atoms with van der Waals surface area (Å²) in [5.41, 5.74) is 3.27. The lowest BCUT2D eigenvalue weighted by atomic mass is 10.1. The van der Waals surface area contributed by atoms with Gasteiger partial charge in [0.15, 0.2) is 5.13 Å². The molecule has 3 aromatic rings. The van der Waals surface area contributed by atoms with Crippen LogP contribution in [0.25, 0.3) is 10.2 Å². The molecule has 1 aromatic heterocycles. The number of carbonyl (C=O) groups excluding carboxylic acids is 1. The molecule has 1 aliphatic heterocycles. The molecule has 1 fully saturated rings. The number of benzene rings is 2. The van der Waals surface area contributed by atoms with Crippen LogP contribution in [0.2, 0.25) is 0 Å². The molecule has 0 aliphatic carbocycles. The van der Waals surface area contributed by atoms with Gasteiger partial charge in [0.1, 0.15) is 0 Å². The van der Waals surface area contributed by atoms with Gasteiger partial charge in [-0.2, -0.15) is 0 Å². The number of aryl methyl sites for hydroxylation is 1. The Morgan fingerprint density at radius 2 is 2.07 bits per heavy atom. The molecule has 0 bridgehead atoms. The summed E-state index contributed by atoms with van der Waals surface area (Å²) in [5.74, 6) is 0.0776. The summed E-state index contributed by atoms with van der Waals surface area (Å²) >= 11 is 1.60. The largest absolute Gasteiger partial charge is 0.376 e. The zero-order valence-corrected chi connectivity index (χ0v) is 16.4. The topological polar surface area (TPSA) is 42.4 Å². The Bertz CT molecular complexity index is 916. The van der Waals surface area contributed by atoms with Crippen molar-refractivity contribution in [1.29, 1.82) is 0 Å². The standard InChI is InChI=1S/C22H24N2O2S/c1-2-17-10-6-12-19-21(17)23-22(27-19)24(15-18-11-7-13-26-18)20(25)14-16-8-4-3-5-9-16/h3-6,8-10,12,18H,2,7,11,13-15H2,1H3. The molecule has 5 heteroatoms. The van der Waals surface area contributed by atoms with Crippen molar-refractivity contribution in [3.63, 3.8) is 0 Å². The number of ether oxygens (including phenoxy) is 1. The maximum Gasteiger partial charge on any atom is 0.233 e. The van der Waals surface area contributed by atoms with Gasteiger partial charge in [-0.1, -0.05) is 60.7 Å². The Labute approximate surface area is 163 Å². The molecular formula is C22H24N2O2S. The number of hydrogen-bond acceptors (Lipinski definition) is 4. The zero-order chi connectivity index (χ0) is 18.6. The molecule has 0 spiro atoms. The predicted octanol–water partition coefficient (Wildman–Crippen LogP) is 4.61. The Balaban J connectivity index is 1.65. The van der Waals surface area contributed by atoms with E-state index in [2.05, 4.69) is 25.1 Å². The van der Waals surface area contributed by atoms with E-state index in [0.717, 1.165) is 46.8 Å². The molecule has 0 saturated carbocycles. The molecule has 1 aliphatic rings. The highest BCUT2D eigenvalue weighted by Crippen LogP contribution is 2.32. The second-order valence-corrected chi connectivity index (χ2v) is 7.92. The number of hydrogen-bond donors (Lipinski definition) is 0. The Morgan fingerprint density at radius 1 is 1.22 bits per heavy atom. The lowest BCUT2D eigenvalue weighted by Crippen LogP contribution is -2.38. The van der Waals surface area contributed by atoms with Gasteiger partial charge in [0.25, 0.3) is 0 Å². The molecule has 4 rings (SSSR count). The number of fused-ring (bicyclic) bond motifs is 1. The van der Waals surface area contributed by atoms with Crippen molar-refractivity contribution in [3.05, 3.63) is 59.7 Å². The molecule has 0 N–H and O–H groups in total. The average molecular weight is 381 g/mol. The first-order valence-electron chi connectivity index (χ1n) is 9.59. The van der Waals surface area contributed by atoms with Gasteiger partial charge in [-0.3, -0.25) is 9.69 Å². The van der Waals surface area contributed by atoms with Crippen LogP contribution in [0.4, 0.5) is 5.13 Å². The number of thiazole rings is 1. The third-order valence-corrected chi connectivity index (χ3v) is 6.06. The van der Waals surface area contributed by atoms with E-state index < -0.39 is 0 Å². The second-order valence-electron chi connectivity index (χ2n) is 6.92. The maximum absolute atomic E-state index is 13.2. The fourth-order valence-electron chi connectivity index (χ4n) is 3.54. The van der Waals surface area contributed by atoms with Gasteiger partial charge in [-0.25, -0.2) is 4.98 Å². The summed E-state index contributed by atoms with van der Waals surface area (Å²) < 4.78 is 6.94. The first-order valence-corrected chi connectivity index (χ1v) is 10.4. The Morgan fingerprint density at radius 3 is 2.81 bits per heavy atom. The first-order chi connectivity index (χ1) is 13.2. The van der Waals surface area contributed by atoms with E-state index in [9.17, 15) is 4.79 Å². The van der Waals surface area contributed by atoms with Crippen molar-refractivity contribution in [1.82, 2.24) is 4.98 Å². The number of aromatic nitrogens is 1. The molecule has 1 saturated heterocycles. The van der Waals surface area contributed by atoms with Gasteiger partial charge in [0.05, 0.1) is 29.3 Å². The van der Waals surface area contributed by atoms with E-state index in [1.165, 1.54) is 5.56 Å². The molecule has 2 aromatic carbocycles. The number of amides is 1. The van der Waals surface area contributed by atoms with E-state index in [4.69, 9.17) is 9.72 Å². The quantitative estimate of drug-likeness (QED) is 0.627.